The summed E-state index contributed by atoms with van der Waals surface area (Å²) in [6.07, 6.45) is 3.80. The highest BCUT2D eigenvalue weighted by Gasteiger charge is 2.46. The molecule has 2 atom stereocenters. The zero-order valence-corrected chi connectivity index (χ0v) is 13.5. The molecule has 0 radical (unpaired) electrons. The second kappa shape index (κ2) is 7.96. The van der Waals surface area contributed by atoms with Crippen molar-refractivity contribution in [1.82, 2.24) is 9.80 Å². The summed E-state index contributed by atoms with van der Waals surface area (Å²) in [7, 11) is 6.29. The highest BCUT2D eigenvalue weighted by atomic mass is 16.5. The highest BCUT2D eigenvalue weighted by molar-refractivity contribution is 5.81. The van der Waals surface area contributed by atoms with Gasteiger partial charge in [0.25, 0.3) is 0 Å². The van der Waals surface area contributed by atoms with Gasteiger partial charge in [-0.3, -0.25) is 4.79 Å². The van der Waals surface area contributed by atoms with E-state index < -0.39 is 5.54 Å². The van der Waals surface area contributed by atoms with Crippen molar-refractivity contribution < 1.29 is 9.53 Å². The summed E-state index contributed by atoms with van der Waals surface area (Å²) in [6, 6.07) is 0. The monoisotopic (exact) mass is 285 g/mol. The van der Waals surface area contributed by atoms with Crippen LogP contribution in [-0.2, 0) is 9.53 Å². The van der Waals surface area contributed by atoms with Crippen LogP contribution >= 0.6 is 0 Å². The number of hydrogen-bond acceptors (Lipinski definition) is 5. The largest absolute Gasteiger partial charge is 0.465 e. The van der Waals surface area contributed by atoms with Crippen molar-refractivity contribution in [3.63, 3.8) is 0 Å². The molecule has 1 rings (SSSR count). The van der Waals surface area contributed by atoms with E-state index in [4.69, 9.17) is 10.5 Å². The lowest BCUT2D eigenvalue weighted by atomic mass is 9.85. The molecule has 5 heteroatoms. The number of rotatable bonds is 8. The Labute approximate surface area is 123 Å². The lowest BCUT2D eigenvalue weighted by molar-refractivity contribution is -0.151. The number of carbonyl (C=O) groups is 1. The molecule has 1 fully saturated rings. The predicted molar refractivity (Wildman–Crippen MR) is 81.6 cm³/mol. The highest BCUT2D eigenvalue weighted by Crippen LogP contribution is 2.37. The van der Waals surface area contributed by atoms with Gasteiger partial charge in [0.15, 0.2) is 0 Å². The smallest absolute Gasteiger partial charge is 0.326 e. The summed E-state index contributed by atoms with van der Waals surface area (Å²) >= 11 is 0. The summed E-state index contributed by atoms with van der Waals surface area (Å²) in [6.45, 7) is 5.31. The van der Waals surface area contributed by atoms with Crippen molar-refractivity contribution in [3.05, 3.63) is 0 Å². The molecular formula is C15H31N3O2. The molecule has 5 nitrogen and oxygen atoms in total. The van der Waals surface area contributed by atoms with Crippen molar-refractivity contribution >= 4 is 5.97 Å². The zero-order valence-electron chi connectivity index (χ0n) is 13.5. The van der Waals surface area contributed by atoms with Crippen LogP contribution in [0.15, 0.2) is 0 Å². The first-order valence-corrected chi connectivity index (χ1v) is 7.69. The van der Waals surface area contributed by atoms with Gasteiger partial charge >= 0.3 is 5.97 Å². The van der Waals surface area contributed by atoms with E-state index in [1.54, 1.807) is 0 Å². The molecule has 0 aromatic carbocycles. The van der Waals surface area contributed by atoms with Crippen molar-refractivity contribution in [2.75, 3.05) is 47.4 Å². The summed E-state index contributed by atoms with van der Waals surface area (Å²) in [5, 5.41) is 0. The third kappa shape index (κ3) is 4.72. The van der Waals surface area contributed by atoms with Gasteiger partial charge in [-0.05, 0) is 59.8 Å². The number of likely N-dealkylation sites (N-methyl/N-ethyl adjacent to an activating group) is 2. The maximum Gasteiger partial charge on any atom is 0.326 e. The molecule has 1 saturated carbocycles. The van der Waals surface area contributed by atoms with E-state index in [1.165, 1.54) is 0 Å². The predicted octanol–water partition coefficient (Wildman–Crippen LogP) is 0.931. The van der Waals surface area contributed by atoms with Gasteiger partial charge in [0, 0.05) is 13.1 Å². The van der Waals surface area contributed by atoms with E-state index in [-0.39, 0.29) is 11.9 Å². The molecule has 1 aliphatic carbocycles. The number of carbonyl (C=O) groups excluding carboxylic acids is 1. The molecule has 0 bridgehead atoms. The second-order valence-electron chi connectivity index (χ2n) is 6.25. The Hall–Kier alpha value is -0.650. The normalized spacial score (nSPS) is 26.4. The van der Waals surface area contributed by atoms with E-state index in [2.05, 4.69) is 30.9 Å². The third-order valence-corrected chi connectivity index (χ3v) is 4.32. The van der Waals surface area contributed by atoms with Gasteiger partial charge in [-0.25, -0.2) is 0 Å². The minimum Gasteiger partial charge on any atom is -0.465 e. The van der Waals surface area contributed by atoms with Gasteiger partial charge in [-0.2, -0.15) is 0 Å². The van der Waals surface area contributed by atoms with E-state index in [9.17, 15) is 4.79 Å². The molecule has 0 aromatic heterocycles. The Morgan fingerprint density at radius 3 is 2.60 bits per heavy atom. The van der Waals surface area contributed by atoms with Crippen LogP contribution in [0.2, 0.25) is 0 Å². The molecule has 0 aromatic rings. The second-order valence-corrected chi connectivity index (χ2v) is 6.25. The quantitative estimate of drug-likeness (QED) is 0.672. The van der Waals surface area contributed by atoms with Gasteiger partial charge in [-0.15, -0.1) is 0 Å². The van der Waals surface area contributed by atoms with Crippen LogP contribution in [0.4, 0.5) is 0 Å². The molecule has 2 N–H and O–H groups in total. The van der Waals surface area contributed by atoms with Gasteiger partial charge in [0.1, 0.15) is 5.54 Å². The van der Waals surface area contributed by atoms with Crippen LogP contribution in [0.3, 0.4) is 0 Å². The van der Waals surface area contributed by atoms with Crippen molar-refractivity contribution in [2.45, 2.75) is 38.1 Å². The van der Waals surface area contributed by atoms with E-state index in [1.807, 2.05) is 6.92 Å². The van der Waals surface area contributed by atoms with Crippen LogP contribution in [0, 0.1) is 5.92 Å². The molecule has 118 valence electrons. The number of esters is 1. The number of ether oxygens (including phenoxy) is 1. The van der Waals surface area contributed by atoms with Crippen molar-refractivity contribution in [1.29, 1.82) is 0 Å². The summed E-state index contributed by atoms with van der Waals surface area (Å²) in [4.78, 5) is 16.6. The average molecular weight is 285 g/mol. The first kappa shape index (κ1) is 17.4. The molecule has 0 saturated heterocycles. The lowest BCUT2D eigenvalue weighted by Crippen LogP contribution is -2.52. The minimum absolute atomic E-state index is 0.210. The van der Waals surface area contributed by atoms with Gasteiger partial charge in [0.2, 0.25) is 0 Å². The molecule has 0 heterocycles. The third-order valence-electron chi connectivity index (χ3n) is 4.32. The molecule has 0 spiro atoms. The van der Waals surface area contributed by atoms with E-state index in [0.717, 1.165) is 45.3 Å². The topological polar surface area (TPSA) is 58.8 Å². The molecule has 0 amide bonds. The first-order chi connectivity index (χ1) is 9.40. The number of nitrogens with two attached hydrogens (primary N) is 1. The van der Waals surface area contributed by atoms with Crippen LogP contribution in [-0.4, -0.2) is 68.7 Å². The van der Waals surface area contributed by atoms with E-state index >= 15 is 0 Å². The summed E-state index contributed by atoms with van der Waals surface area (Å²) < 4.78 is 5.16. The Morgan fingerprint density at radius 2 is 2.00 bits per heavy atom. The van der Waals surface area contributed by atoms with Gasteiger partial charge in [0.05, 0.1) is 6.61 Å². The molecule has 0 aliphatic heterocycles. The summed E-state index contributed by atoms with van der Waals surface area (Å²) in [5.41, 5.74) is 5.59. The minimum atomic E-state index is -0.752. The Morgan fingerprint density at radius 1 is 1.30 bits per heavy atom. The van der Waals surface area contributed by atoms with Gasteiger partial charge in [-0.1, -0.05) is 6.42 Å². The van der Waals surface area contributed by atoms with Crippen LogP contribution < -0.4 is 5.73 Å². The number of nitrogens with zero attached hydrogens (tertiary/aromatic N) is 2. The maximum absolute atomic E-state index is 12.1. The average Bonchev–Trinajstić information content (AvgIpc) is 2.77. The first-order valence-electron chi connectivity index (χ1n) is 7.69. The standard InChI is InChI=1S/C15H31N3O2/c1-5-20-14(19)15(16)9-6-7-13(15)8-10-18(4)12-11-17(2)3/h13H,5-12,16H2,1-4H3. The van der Waals surface area contributed by atoms with Crippen LogP contribution in [0.25, 0.3) is 0 Å². The molecule has 2 unspecified atom stereocenters. The van der Waals surface area contributed by atoms with Crippen molar-refractivity contribution in [2.24, 2.45) is 11.7 Å². The van der Waals surface area contributed by atoms with E-state index in [0.29, 0.717) is 6.61 Å². The zero-order chi connectivity index (χ0) is 15.2. The van der Waals surface area contributed by atoms with Crippen LogP contribution in [0.1, 0.15) is 32.6 Å². The van der Waals surface area contributed by atoms with Crippen molar-refractivity contribution in [3.8, 4) is 0 Å². The summed E-state index contributed by atoms with van der Waals surface area (Å²) in [5.74, 6) is 0.0433. The molecule has 20 heavy (non-hydrogen) atoms. The Bertz CT molecular complexity index is 309. The Kier molecular flexibility index (Phi) is 6.92. The fourth-order valence-corrected chi connectivity index (χ4v) is 2.90. The fraction of sp³-hybridized carbons (Fsp3) is 0.933. The molecule has 1 aliphatic rings. The van der Waals surface area contributed by atoms with Crippen LogP contribution in [0.5, 0.6) is 0 Å². The fourth-order valence-electron chi connectivity index (χ4n) is 2.90. The van der Waals surface area contributed by atoms with Gasteiger partial charge < -0.3 is 20.3 Å². The molecular weight excluding hydrogens is 254 g/mol. The number of hydrogen-bond donors (Lipinski definition) is 1. The SMILES string of the molecule is CCOC(=O)C1(N)CCCC1CCN(C)CCN(C)C. The lowest BCUT2D eigenvalue weighted by Gasteiger charge is -2.30. The Balaban J connectivity index is 2.43. The maximum atomic E-state index is 12.1.